The van der Waals surface area contributed by atoms with Crippen LogP contribution in [0.5, 0.6) is 5.75 Å². The lowest BCUT2D eigenvalue weighted by Crippen LogP contribution is -2.49. The van der Waals surface area contributed by atoms with Crippen LogP contribution in [0, 0.1) is 6.92 Å². The van der Waals surface area contributed by atoms with Crippen molar-refractivity contribution < 1.29 is 27.9 Å². The Hall–Kier alpha value is -2.59. The molecule has 0 spiro atoms. The molecule has 0 aliphatic carbocycles. The molecule has 1 aromatic heterocycles. The van der Waals surface area contributed by atoms with Crippen molar-refractivity contribution >= 4 is 44.0 Å². The van der Waals surface area contributed by atoms with E-state index in [1.165, 1.54) is 37.1 Å². The first-order chi connectivity index (χ1) is 12.1. The third-order valence-electron chi connectivity index (χ3n) is 3.85. The lowest BCUT2D eigenvalue weighted by atomic mass is 10.2. The van der Waals surface area contributed by atoms with Gasteiger partial charge >= 0.3 is 12.0 Å². The number of urea groups is 1. The normalized spacial score (nSPS) is 17.0. The van der Waals surface area contributed by atoms with Crippen LogP contribution in [-0.4, -0.2) is 38.7 Å². The molecule has 138 valence electrons. The molecule has 1 aliphatic rings. The Bertz CT molecular complexity index is 998. The molecule has 10 heteroatoms. The predicted octanol–water partition coefficient (Wildman–Crippen LogP) is 2.67. The van der Waals surface area contributed by atoms with E-state index in [2.05, 4.69) is 0 Å². The van der Waals surface area contributed by atoms with Crippen LogP contribution in [0.15, 0.2) is 34.5 Å². The summed E-state index contributed by atoms with van der Waals surface area (Å²) in [6.45, 7) is 3.17. The van der Waals surface area contributed by atoms with Crippen molar-refractivity contribution in [2.75, 3.05) is 16.3 Å². The number of fused-ring (bicyclic) bond motifs is 1. The first kappa shape index (κ1) is 18.2. The van der Waals surface area contributed by atoms with E-state index in [-0.39, 0.29) is 16.3 Å². The Morgan fingerprint density at radius 3 is 2.58 bits per heavy atom. The molecule has 0 saturated carbocycles. The van der Waals surface area contributed by atoms with Crippen molar-refractivity contribution in [1.82, 2.24) is 0 Å². The van der Waals surface area contributed by atoms with Gasteiger partial charge in [0.2, 0.25) is 0 Å². The molecular weight excluding hydrogens is 380 g/mol. The largest absolute Gasteiger partial charge is 0.479 e. The van der Waals surface area contributed by atoms with Gasteiger partial charge in [0, 0.05) is 13.1 Å². The van der Waals surface area contributed by atoms with Crippen molar-refractivity contribution in [3.8, 4) is 5.75 Å². The Labute approximate surface area is 154 Å². The van der Waals surface area contributed by atoms with Gasteiger partial charge in [0.1, 0.15) is 15.6 Å². The van der Waals surface area contributed by atoms with Crippen molar-refractivity contribution in [3.63, 3.8) is 0 Å². The van der Waals surface area contributed by atoms with Crippen molar-refractivity contribution in [3.05, 3.63) is 35.2 Å². The number of nitrogens with zero attached hydrogens (tertiary/aromatic N) is 2. The van der Waals surface area contributed by atoms with Crippen LogP contribution in [0.3, 0.4) is 0 Å². The molecule has 1 atom stereocenters. The summed E-state index contributed by atoms with van der Waals surface area (Å²) in [5.74, 6) is -0.993. The van der Waals surface area contributed by atoms with Crippen molar-refractivity contribution in [2.24, 2.45) is 0 Å². The first-order valence-corrected chi connectivity index (χ1v) is 9.86. The number of hydrogen-bond acceptors (Lipinski definition) is 6. The number of aliphatic carboxylic acids is 1. The number of anilines is 2. The Morgan fingerprint density at radius 2 is 2.00 bits per heavy atom. The second-order valence-corrected chi connectivity index (χ2v) is 8.45. The highest BCUT2D eigenvalue weighted by Gasteiger charge is 2.42. The number of carbonyl (C=O) groups excluding carboxylic acids is 1. The number of hydrogen-bond donors (Lipinski definition) is 1. The number of ether oxygens (including phenoxy) is 1. The molecule has 1 aromatic carbocycles. The van der Waals surface area contributed by atoms with Crippen LogP contribution >= 0.6 is 11.3 Å². The Morgan fingerprint density at radius 1 is 1.31 bits per heavy atom. The maximum absolute atomic E-state index is 13.0. The molecule has 0 bridgehead atoms. The zero-order valence-corrected chi connectivity index (χ0v) is 15.8. The highest BCUT2D eigenvalue weighted by Crippen LogP contribution is 2.40. The van der Waals surface area contributed by atoms with Gasteiger partial charge in [0.25, 0.3) is 10.0 Å². The smallest absolute Gasteiger partial charge is 0.344 e. The maximum Gasteiger partial charge on any atom is 0.344 e. The molecule has 8 nitrogen and oxygen atoms in total. The quantitative estimate of drug-likeness (QED) is 0.852. The van der Waals surface area contributed by atoms with Crippen LogP contribution < -0.4 is 13.9 Å². The van der Waals surface area contributed by atoms with Crippen molar-refractivity contribution in [1.29, 1.82) is 0 Å². The summed E-state index contributed by atoms with van der Waals surface area (Å²) in [6, 6.07) is 4.94. The summed E-state index contributed by atoms with van der Waals surface area (Å²) in [5, 5.41) is 11.0. The zero-order chi connectivity index (χ0) is 19.2. The minimum absolute atomic E-state index is 0.0546. The fourth-order valence-corrected chi connectivity index (χ4v) is 5.22. The zero-order valence-electron chi connectivity index (χ0n) is 14.2. The van der Waals surface area contributed by atoms with Crippen LogP contribution in [0.4, 0.5) is 15.5 Å². The molecule has 0 radical (unpaired) electrons. The van der Waals surface area contributed by atoms with Crippen LogP contribution in [0.1, 0.15) is 12.5 Å². The maximum atomic E-state index is 13.0. The number of aryl methyl sites for hydroxylation is 1. The summed E-state index contributed by atoms with van der Waals surface area (Å²) in [5.41, 5.74) is 0.988. The Balaban J connectivity index is 2.08. The standard InChI is InChI=1S/C16H16N2O6S2/c1-9-6-14(25-8-9)18-16(21)17(3)12-7-11(24-10(2)15(19)20)4-5-13(12)26(18,22)23/h4-8,10H,1-3H3,(H,19,20). The second kappa shape index (κ2) is 6.29. The lowest BCUT2D eigenvalue weighted by molar-refractivity contribution is -0.144. The molecule has 0 saturated heterocycles. The fraction of sp³-hybridized carbons (Fsp3) is 0.250. The predicted molar refractivity (Wildman–Crippen MR) is 96.7 cm³/mol. The molecule has 2 heterocycles. The van der Waals surface area contributed by atoms with Gasteiger partial charge in [0.15, 0.2) is 6.10 Å². The molecule has 1 aliphatic heterocycles. The molecule has 2 amide bonds. The van der Waals surface area contributed by atoms with E-state index < -0.39 is 28.1 Å². The van der Waals surface area contributed by atoms with Gasteiger partial charge in [-0.2, -0.15) is 4.31 Å². The average Bonchev–Trinajstić information content (AvgIpc) is 2.98. The molecular formula is C16H16N2O6S2. The topological polar surface area (TPSA) is 104 Å². The number of carboxylic acids is 1. The van der Waals surface area contributed by atoms with E-state index in [1.54, 1.807) is 11.4 Å². The number of carbonyl (C=O) groups is 2. The van der Waals surface area contributed by atoms with Gasteiger partial charge in [0.05, 0.1) is 5.69 Å². The minimum Gasteiger partial charge on any atom is -0.479 e. The third-order valence-corrected chi connectivity index (χ3v) is 6.73. The van der Waals surface area contributed by atoms with Crippen LogP contribution in [0.2, 0.25) is 0 Å². The van der Waals surface area contributed by atoms with Gasteiger partial charge < -0.3 is 9.84 Å². The fourth-order valence-electron chi connectivity index (χ4n) is 2.48. The van der Waals surface area contributed by atoms with Crippen LogP contribution in [0.25, 0.3) is 0 Å². The molecule has 1 unspecified atom stereocenters. The summed E-state index contributed by atoms with van der Waals surface area (Å²) >= 11 is 1.16. The number of benzene rings is 1. The number of thiophene rings is 1. The van der Waals surface area contributed by atoms with Crippen LogP contribution in [-0.2, 0) is 14.8 Å². The number of carboxylic acid groups (broad SMARTS) is 1. The molecule has 2 aromatic rings. The van der Waals surface area contributed by atoms with Gasteiger partial charge in [-0.15, -0.1) is 11.3 Å². The van der Waals surface area contributed by atoms with Gasteiger partial charge in [-0.3, -0.25) is 4.90 Å². The van der Waals surface area contributed by atoms with E-state index in [4.69, 9.17) is 9.84 Å². The van der Waals surface area contributed by atoms with E-state index in [0.717, 1.165) is 21.2 Å². The first-order valence-electron chi connectivity index (χ1n) is 7.54. The second-order valence-electron chi connectivity index (χ2n) is 5.80. The van der Waals surface area contributed by atoms with E-state index in [1.807, 2.05) is 6.92 Å². The van der Waals surface area contributed by atoms with Gasteiger partial charge in [-0.1, -0.05) is 0 Å². The summed E-state index contributed by atoms with van der Waals surface area (Å²) < 4.78 is 32.0. The molecule has 26 heavy (non-hydrogen) atoms. The molecule has 3 rings (SSSR count). The highest BCUT2D eigenvalue weighted by atomic mass is 32.2. The average molecular weight is 396 g/mol. The number of sulfonamides is 1. The Kier molecular flexibility index (Phi) is 4.41. The minimum atomic E-state index is -4.09. The lowest BCUT2D eigenvalue weighted by Gasteiger charge is -2.33. The SMILES string of the molecule is Cc1csc(N2C(=O)N(C)c3cc(OC(C)C(=O)O)ccc3S2(=O)=O)c1. The van der Waals surface area contributed by atoms with Gasteiger partial charge in [-0.05, 0) is 43.0 Å². The van der Waals surface area contributed by atoms with Gasteiger partial charge in [-0.25, -0.2) is 18.0 Å². The van der Waals surface area contributed by atoms with E-state index in [0.29, 0.717) is 5.00 Å². The summed E-state index contributed by atoms with van der Waals surface area (Å²) in [7, 11) is -2.63. The summed E-state index contributed by atoms with van der Waals surface area (Å²) in [6.07, 6.45) is -1.11. The highest BCUT2D eigenvalue weighted by molar-refractivity contribution is 7.94. The van der Waals surface area contributed by atoms with Crippen molar-refractivity contribution in [2.45, 2.75) is 24.8 Å². The van der Waals surface area contributed by atoms with E-state index >= 15 is 0 Å². The summed E-state index contributed by atoms with van der Waals surface area (Å²) in [4.78, 5) is 24.8. The van der Waals surface area contributed by atoms with E-state index in [9.17, 15) is 18.0 Å². The monoisotopic (exact) mass is 396 g/mol. The molecule has 1 N–H and O–H groups in total. The molecule has 0 fully saturated rings. The third kappa shape index (κ3) is 2.90. The number of amides is 2. The number of rotatable bonds is 4.